The second-order valence-electron chi connectivity index (χ2n) is 5.62. The number of guanidine groups is 1. The summed E-state index contributed by atoms with van der Waals surface area (Å²) < 4.78 is 55.2. The zero-order valence-electron chi connectivity index (χ0n) is 15.9. The molecule has 0 saturated carbocycles. The van der Waals surface area contributed by atoms with Crippen LogP contribution >= 0.6 is 24.0 Å². The van der Waals surface area contributed by atoms with E-state index < -0.39 is 16.6 Å². The van der Waals surface area contributed by atoms with Crippen LogP contribution in [0.4, 0.5) is 8.78 Å². The van der Waals surface area contributed by atoms with Crippen LogP contribution < -0.4 is 20.1 Å². The average Bonchev–Trinajstić information content (AvgIpc) is 2.69. The summed E-state index contributed by atoms with van der Waals surface area (Å²) in [7, 11) is -0.540. The van der Waals surface area contributed by atoms with E-state index in [9.17, 15) is 17.2 Å². The Labute approximate surface area is 186 Å². The lowest BCUT2D eigenvalue weighted by molar-refractivity contribution is -0.0504. The molecule has 0 aliphatic heterocycles. The smallest absolute Gasteiger partial charge is 0.387 e. The zero-order valence-corrected chi connectivity index (χ0v) is 19.0. The van der Waals surface area contributed by atoms with Gasteiger partial charge >= 0.3 is 6.61 Å². The molecular weight excluding hydrogens is 517 g/mol. The summed E-state index contributed by atoms with van der Waals surface area (Å²) in [6.45, 7) is -2.26. The Balaban J connectivity index is 0.00000420. The molecule has 0 aliphatic carbocycles. The van der Waals surface area contributed by atoms with Crippen LogP contribution in [0.5, 0.6) is 5.75 Å². The molecule has 2 aromatic carbocycles. The van der Waals surface area contributed by atoms with Gasteiger partial charge in [-0.3, -0.25) is 4.99 Å². The van der Waals surface area contributed by atoms with Crippen LogP contribution in [0.3, 0.4) is 0 Å². The van der Waals surface area contributed by atoms with Crippen LogP contribution in [0.25, 0.3) is 0 Å². The molecule has 0 radical (unpaired) electrons. The molecule has 0 saturated heterocycles. The van der Waals surface area contributed by atoms with Gasteiger partial charge in [-0.25, -0.2) is 13.1 Å². The Bertz CT molecular complexity index is 910. The second-order valence-corrected chi connectivity index (χ2v) is 7.50. The van der Waals surface area contributed by atoms with E-state index in [0.29, 0.717) is 18.1 Å². The van der Waals surface area contributed by atoms with E-state index in [1.807, 2.05) is 0 Å². The molecule has 3 N–H and O–H groups in total. The maximum atomic E-state index is 12.5. The van der Waals surface area contributed by atoms with E-state index in [2.05, 4.69) is 25.1 Å². The number of para-hydroxylation sites is 1. The van der Waals surface area contributed by atoms with E-state index in [4.69, 9.17) is 0 Å². The Hall–Kier alpha value is -1.99. The van der Waals surface area contributed by atoms with E-state index in [0.717, 1.165) is 5.56 Å². The van der Waals surface area contributed by atoms with Crippen LogP contribution in [-0.4, -0.2) is 35.1 Å². The Kier molecular flexibility index (Phi) is 10.3. The van der Waals surface area contributed by atoms with Crippen molar-refractivity contribution in [1.29, 1.82) is 0 Å². The third-order valence-corrected chi connectivity index (χ3v) is 5.25. The fraction of sp³-hybridized carbons (Fsp3) is 0.278. The van der Waals surface area contributed by atoms with Crippen molar-refractivity contribution in [3.05, 3.63) is 59.7 Å². The first-order valence-corrected chi connectivity index (χ1v) is 9.83. The summed E-state index contributed by atoms with van der Waals surface area (Å²) in [5.74, 6) is 0.556. The topological polar surface area (TPSA) is 91.8 Å². The molecule has 0 spiro atoms. The molecule has 29 heavy (non-hydrogen) atoms. The highest BCUT2D eigenvalue weighted by molar-refractivity contribution is 14.0. The number of nitrogens with one attached hydrogen (secondary N) is 3. The summed E-state index contributed by atoms with van der Waals surface area (Å²) in [6, 6.07) is 12.9. The van der Waals surface area contributed by atoms with Crippen molar-refractivity contribution < 1.29 is 21.9 Å². The maximum Gasteiger partial charge on any atom is 0.387 e. The minimum absolute atomic E-state index is 0. The van der Waals surface area contributed by atoms with Crippen LogP contribution in [0, 0.1) is 0 Å². The van der Waals surface area contributed by atoms with Gasteiger partial charge in [-0.1, -0.05) is 30.3 Å². The molecule has 0 atom stereocenters. The van der Waals surface area contributed by atoms with E-state index in [1.54, 1.807) is 37.4 Å². The summed E-state index contributed by atoms with van der Waals surface area (Å²) in [5, 5.41) is 6.10. The highest BCUT2D eigenvalue weighted by atomic mass is 127. The minimum Gasteiger partial charge on any atom is -0.434 e. The average molecular weight is 540 g/mol. The van der Waals surface area contributed by atoms with Gasteiger partial charge in [-0.15, -0.1) is 24.0 Å². The number of aliphatic imine (C=N–C) groups is 1. The number of sulfonamides is 1. The van der Waals surface area contributed by atoms with Crippen LogP contribution in [0.15, 0.2) is 58.4 Å². The largest absolute Gasteiger partial charge is 0.434 e. The van der Waals surface area contributed by atoms with E-state index in [-0.39, 0.29) is 41.2 Å². The molecule has 160 valence electrons. The molecule has 11 heteroatoms. The van der Waals surface area contributed by atoms with Crippen molar-refractivity contribution in [3.8, 4) is 5.75 Å². The number of rotatable bonds is 8. The molecule has 0 heterocycles. The van der Waals surface area contributed by atoms with Gasteiger partial charge in [0, 0.05) is 25.7 Å². The van der Waals surface area contributed by atoms with Gasteiger partial charge < -0.3 is 15.4 Å². The third-order valence-electron chi connectivity index (χ3n) is 3.82. The van der Waals surface area contributed by atoms with Gasteiger partial charge in [0.25, 0.3) is 0 Å². The van der Waals surface area contributed by atoms with E-state index in [1.165, 1.54) is 25.2 Å². The molecular formula is C18H23F2IN4O3S. The van der Waals surface area contributed by atoms with Gasteiger partial charge in [0.2, 0.25) is 10.0 Å². The van der Waals surface area contributed by atoms with Gasteiger partial charge in [0.05, 0.1) is 4.90 Å². The van der Waals surface area contributed by atoms with Crippen molar-refractivity contribution in [2.24, 2.45) is 4.99 Å². The standard InChI is InChI=1S/C18H22F2N4O3S.HI/c1-21-18(24-12-14-5-3-4-6-16(14)27-17(19)20)23-11-13-7-9-15(10-8-13)28(25,26)22-2;/h3-10,17,22H,11-12H2,1-2H3,(H2,21,23,24);1H. The summed E-state index contributed by atoms with van der Waals surface area (Å²) in [6.07, 6.45) is 0. The molecule has 2 aromatic rings. The van der Waals surface area contributed by atoms with E-state index >= 15 is 0 Å². The highest BCUT2D eigenvalue weighted by Gasteiger charge is 2.11. The van der Waals surface area contributed by atoms with Gasteiger partial charge in [0.15, 0.2) is 5.96 Å². The zero-order chi connectivity index (χ0) is 20.6. The van der Waals surface area contributed by atoms with Crippen molar-refractivity contribution in [3.63, 3.8) is 0 Å². The van der Waals surface area contributed by atoms with Crippen LogP contribution in [-0.2, 0) is 23.1 Å². The normalized spacial score (nSPS) is 11.7. The fourth-order valence-electron chi connectivity index (χ4n) is 2.35. The van der Waals surface area contributed by atoms with Gasteiger partial charge in [0.1, 0.15) is 5.75 Å². The van der Waals surface area contributed by atoms with Crippen molar-refractivity contribution in [1.82, 2.24) is 15.4 Å². The Morgan fingerprint density at radius 3 is 2.28 bits per heavy atom. The minimum atomic E-state index is -3.47. The molecule has 0 unspecified atom stereocenters. The number of hydrogen-bond donors (Lipinski definition) is 3. The first-order chi connectivity index (χ1) is 13.4. The highest BCUT2D eigenvalue weighted by Crippen LogP contribution is 2.19. The third kappa shape index (κ3) is 7.74. The van der Waals surface area contributed by atoms with Crippen LogP contribution in [0.2, 0.25) is 0 Å². The summed E-state index contributed by atoms with van der Waals surface area (Å²) in [5.41, 5.74) is 1.41. The first-order valence-electron chi connectivity index (χ1n) is 8.35. The molecule has 0 amide bonds. The predicted octanol–water partition coefficient (Wildman–Crippen LogP) is 2.68. The maximum absolute atomic E-state index is 12.5. The number of halogens is 3. The lowest BCUT2D eigenvalue weighted by Crippen LogP contribution is -2.36. The number of alkyl halides is 2. The number of nitrogens with zero attached hydrogens (tertiary/aromatic N) is 1. The number of ether oxygens (including phenoxy) is 1. The molecule has 0 bridgehead atoms. The summed E-state index contributed by atoms with van der Waals surface area (Å²) in [4.78, 5) is 4.26. The first kappa shape index (κ1) is 25.0. The van der Waals surface area contributed by atoms with Crippen LogP contribution in [0.1, 0.15) is 11.1 Å². The molecule has 7 nitrogen and oxygen atoms in total. The fourth-order valence-corrected chi connectivity index (χ4v) is 3.08. The Morgan fingerprint density at radius 2 is 1.69 bits per heavy atom. The van der Waals surface area contributed by atoms with Crippen molar-refractivity contribution >= 4 is 40.0 Å². The molecule has 0 fully saturated rings. The number of hydrogen-bond acceptors (Lipinski definition) is 4. The molecule has 2 rings (SSSR count). The SMILES string of the molecule is CN=C(NCc1ccc(S(=O)(=O)NC)cc1)NCc1ccccc1OC(F)F.I. The Morgan fingerprint density at radius 1 is 1.07 bits per heavy atom. The lowest BCUT2D eigenvalue weighted by atomic mass is 10.2. The molecule has 0 aromatic heterocycles. The quantitative estimate of drug-likeness (QED) is 0.272. The molecule has 0 aliphatic rings. The number of benzene rings is 2. The van der Waals surface area contributed by atoms with Gasteiger partial charge in [-0.2, -0.15) is 8.78 Å². The monoisotopic (exact) mass is 540 g/mol. The lowest BCUT2D eigenvalue weighted by Gasteiger charge is -2.14. The van der Waals surface area contributed by atoms with Gasteiger partial charge in [-0.05, 0) is 30.8 Å². The van der Waals surface area contributed by atoms with Crippen molar-refractivity contribution in [2.75, 3.05) is 14.1 Å². The van der Waals surface area contributed by atoms with Crippen molar-refractivity contribution in [2.45, 2.75) is 24.6 Å². The summed E-state index contributed by atoms with van der Waals surface area (Å²) >= 11 is 0. The second kappa shape index (κ2) is 11.9. The predicted molar refractivity (Wildman–Crippen MR) is 118 cm³/mol.